The molecule has 0 spiro atoms. The molecular weight excluding hydrogens is 354 g/mol. The minimum Gasteiger partial charge on any atom is -0.491 e. The number of benzene rings is 1. The zero-order valence-corrected chi connectivity index (χ0v) is 16.7. The van der Waals surface area contributed by atoms with E-state index < -0.39 is 0 Å². The standard InChI is InChI=1S/C22H29N3O3/c1-17-8-7-9-18(12-17)23-22(27)16-25-15-21(28-2)20(26)13-19(25)14-24-10-5-3-4-6-11-24/h7-9,12-13,15H,3-6,10-11,14,16H2,1-2H3,(H,23,27). The molecule has 1 saturated heterocycles. The maximum atomic E-state index is 12.6. The van der Waals surface area contributed by atoms with Gasteiger partial charge in [0.05, 0.1) is 13.3 Å². The van der Waals surface area contributed by atoms with Gasteiger partial charge in [-0.05, 0) is 50.6 Å². The summed E-state index contributed by atoms with van der Waals surface area (Å²) in [5.41, 5.74) is 2.55. The number of carbonyl (C=O) groups excluding carboxylic acids is 1. The van der Waals surface area contributed by atoms with Crippen LogP contribution < -0.4 is 15.5 Å². The molecule has 28 heavy (non-hydrogen) atoms. The lowest BCUT2D eigenvalue weighted by molar-refractivity contribution is -0.116. The molecule has 0 unspecified atom stereocenters. The number of hydrogen-bond donors (Lipinski definition) is 1. The molecule has 0 atom stereocenters. The van der Waals surface area contributed by atoms with Gasteiger partial charge in [0, 0.05) is 24.0 Å². The van der Waals surface area contributed by atoms with Crippen LogP contribution in [0.1, 0.15) is 36.9 Å². The Morgan fingerprint density at radius 3 is 2.57 bits per heavy atom. The van der Waals surface area contributed by atoms with Crippen molar-refractivity contribution in [2.45, 2.75) is 45.7 Å². The van der Waals surface area contributed by atoms with Gasteiger partial charge in [-0.2, -0.15) is 0 Å². The summed E-state index contributed by atoms with van der Waals surface area (Å²) in [5.74, 6) is 0.122. The van der Waals surface area contributed by atoms with Crippen molar-refractivity contribution < 1.29 is 9.53 Å². The molecule has 2 aromatic rings. The topological polar surface area (TPSA) is 63.6 Å². The molecule has 0 bridgehead atoms. The molecule has 0 saturated carbocycles. The summed E-state index contributed by atoms with van der Waals surface area (Å²) in [6.45, 7) is 4.83. The van der Waals surface area contributed by atoms with Crippen molar-refractivity contribution in [3.05, 3.63) is 58.0 Å². The number of aromatic nitrogens is 1. The number of likely N-dealkylation sites (tertiary alicyclic amines) is 1. The number of aryl methyl sites for hydroxylation is 1. The van der Waals surface area contributed by atoms with Crippen LogP contribution in [0.4, 0.5) is 5.69 Å². The molecular formula is C22H29N3O3. The largest absolute Gasteiger partial charge is 0.491 e. The maximum Gasteiger partial charge on any atom is 0.244 e. The molecule has 0 radical (unpaired) electrons. The number of ether oxygens (including phenoxy) is 1. The molecule has 3 rings (SSSR count). The summed E-state index contributed by atoms with van der Waals surface area (Å²) in [5, 5.41) is 2.93. The fourth-order valence-corrected chi connectivity index (χ4v) is 3.63. The van der Waals surface area contributed by atoms with Crippen molar-refractivity contribution in [1.82, 2.24) is 9.47 Å². The second-order valence-electron chi connectivity index (χ2n) is 7.43. The number of nitrogens with zero attached hydrogens (tertiary/aromatic N) is 2. The first-order valence-corrected chi connectivity index (χ1v) is 9.91. The Kier molecular flexibility index (Phi) is 6.87. The van der Waals surface area contributed by atoms with Crippen molar-refractivity contribution in [3.8, 4) is 5.75 Å². The summed E-state index contributed by atoms with van der Waals surface area (Å²) >= 11 is 0. The number of anilines is 1. The van der Waals surface area contributed by atoms with Crippen LogP contribution in [0.5, 0.6) is 5.75 Å². The van der Waals surface area contributed by atoms with Gasteiger partial charge in [0.15, 0.2) is 5.75 Å². The first kappa shape index (κ1) is 20.1. The van der Waals surface area contributed by atoms with E-state index in [1.54, 1.807) is 12.3 Å². The van der Waals surface area contributed by atoms with Gasteiger partial charge in [0.25, 0.3) is 0 Å². The molecule has 2 heterocycles. The average molecular weight is 383 g/mol. The van der Waals surface area contributed by atoms with Gasteiger partial charge in [-0.25, -0.2) is 0 Å². The molecule has 0 aliphatic carbocycles. The van der Waals surface area contributed by atoms with Crippen molar-refractivity contribution in [1.29, 1.82) is 0 Å². The van der Waals surface area contributed by atoms with Crippen LogP contribution in [0.2, 0.25) is 0 Å². The van der Waals surface area contributed by atoms with E-state index in [9.17, 15) is 9.59 Å². The SMILES string of the molecule is COc1cn(CC(=O)Nc2cccc(C)c2)c(CN2CCCCCC2)cc1=O. The van der Waals surface area contributed by atoms with Crippen LogP contribution in [-0.4, -0.2) is 35.6 Å². The van der Waals surface area contributed by atoms with Crippen molar-refractivity contribution in [3.63, 3.8) is 0 Å². The third kappa shape index (κ3) is 5.45. The Morgan fingerprint density at radius 2 is 1.89 bits per heavy atom. The van der Waals surface area contributed by atoms with Crippen molar-refractivity contribution in [2.75, 3.05) is 25.5 Å². The van der Waals surface area contributed by atoms with Crippen LogP contribution in [0.25, 0.3) is 0 Å². The predicted octanol–water partition coefficient (Wildman–Crippen LogP) is 3.18. The Balaban J connectivity index is 1.79. The minimum absolute atomic E-state index is 0.131. The fourth-order valence-electron chi connectivity index (χ4n) is 3.63. The zero-order chi connectivity index (χ0) is 19.9. The molecule has 6 heteroatoms. The monoisotopic (exact) mass is 383 g/mol. The Hall–Kier alpha value is -2.60. The van der Waals surface area contributed by atoms with E-state index in [0.29, 0.717) is 6.54 Å². The van der Waals surface area contributed by atoms with E-state index in [1.807, 2.05) is 35.8 Å². The molecule has 1 aromatic heterocycles. The van der Waals surface area contributed by atoms with Gasteiger partial charge in [0.2, 0.25) is 11.3 Å². The van der Waals surface area contributed by atoms with Gasteiger partial charge in [-0.3, -0.25) is 14.5 Å². The molecule has 150 valence electrons. The second-order valence-corrected chi connectivity index (χ2v) is 7.43. The van der Waals surface area contributed by atoms with Crippen LogP contribution in [-0.2, 0) is 17.9 Å². The fraction of sp³-hybridized carbons (Fsp3) is 0.455. The highest BCUT2D eigenvalue weighted by atomic mass is 16.5. The highest BCUT2D eigenvalue weighted by Gasteiger charge is 2.15. The highest BCUT2D eigenvalue weighted by molar-refractivity contribution is 5.90. The summed E-state index contributed by atoms with van der Waals surface area (Å²) in [6.07, 6.45) is 6.50. The number of amides is 1. The quantitative estimate of drug-likeness (QED) is 0.832. The summed E-state index contributed by atoms with van der Waals surface area (Å²) in [7, 11) is 1.47. The maximum absolute atomic E-state index is 12.6. The lowest BCUT2D eigenvalue weighted by atomic mass is 10.2. The Bertz CT molecular complexity index is 868. The summed E-state index contributed by atoms with van der Waals surface area (Å²) in [4.78, 5) is 27.3. The van der Waals surface area contributed by atoms with Gasteiger partial charge in [-0.1, -0.05) is 25.0 Å². The van der Waals surface area contributed by atoms with E-state index in [-0.39, 0.29) is 23.6 Å². The number of carbonyl (C=O) groups is 1. The number of pyridine rings is 1. The predicted molar refractivity (Wildman–Crippen MR) is 111 cm³/mol. The smallest absolute Gasteiger partial charge is 0.244 e. The third-order valence-electron chi connectivity index (χ3n) is 5.10. The van der Waals surface area contributed by atoms with Gasteiger partial charge in [-0.15, -0.1) is 0 Å². The van der Waals surface area contributed by atoms with Gasteiger partial charge >= 0.3 is 0 Å². The zero-order valence-electron chi connectivity index (χ0n) is 16.7. The lowest BCUT2D eigenvalue weighted by Gasteiger charge is -2.23. The molecule has 1 amide bonds. The minimum atomic E-state index is -0.150. The number of hydrogen-bond acceptors (Lipinski definition) is 4. The highest BCUT2D eigenvalue weighted by Crippen LogP contribution is 2.15. The van der Waals surface area contributed by atoms with E-state index in [4.69, 9.17) is 4.74 Å². The lowest BCUT2D eigenvalue weighted by Crippen LogP contribution is -2.29. The summed E-state index contributed by atoms with van der Waals surface area (Å²) in [6, 6.07) is 9.31. The molecule has 1 aromatic carbocycles. The van der Waals surface area contributed by atoms with Gasteiger partial charge < -0.3 is 14.6 Å². The van der Waals surface area contributed by atoms with E-state index in [2.05, 4.69) is 10.2 Å². The van der Waals surface area contributed by atoms with Gasteiger partial charge in [0.1, 0.15) is 6.54 Å². The first-order valence-electron chi connectivity index (χ1n) is 9.91. The Labute approximate surface area is 166 Å². The second kappa shape index (κ2) is 9.55. The number of methoxy groups -OCH3 is 1. The number of rotatable bonds is 6. The van der Waals surface area contributed by atoms with Crippen LogP contribution in [0.3, 0.4) is 0 Å². The molecule has 1 aliphatic rings. The molecule has 1 fully saturated rings. The van der Waals surface area contributed by atoms with E-state index in [1.165, 1.54) is 32.8 Å². The van der Waals surface area contributed by atoms with Crippen LogP contribution in [0.15, 0.2) is 41.3 Å². The average Bonchev–Trinajstić information content (AvgIpc) is 2.92. The third-order valence-corrected chi connectivity index (χ3v) is 5.10. The van der Waals surface area contributed by atoms with Crippen molar-refractivity contribution >= 4 is 11.6 Å². The molecule has 1 aliphatic heterocycles. The van der Waals surface area contributed by atoms with E-state index >= 15 is 0 Å². The summed E-state index contributed by atoms with van der Waals surface area (Å²) < 4.78 is 7.02. The first-order chi connectivity index (χ1) is 13.5. The van der Waals surface area contributed by atoms with Crippen LogP contribution >= 0.6 is 0 Å². The van der Waals surface area contributed by atoms with E-state index in [0.717, 1.165) is 30.0 Å². The Morgan fingerprint density at radius 1 is 1.14 bits per heavy atom. The van der Waals surface area contributed by atoms with Crippen molar-refractivity contribution in [2.24, 2.45) is 0 Å². The van der Waals surface area contributed by atoms with Crippen LogP contribution in [0, 0.1) is 6.92 Å². The molecule has 1 N–H and O–H groups in total. The normalized spacial score (nSPS) is 15.1. The number of nitrogens with one attached hydrogen (secondary N) is 1. The molecule has 6 nitrogen and oxygen atoms in total.